The number of halogens is 2. The van der Waals surface area contributed by atoms with Crippen molar-refractivity contribution in [2.75, 3.05) is 39.3 Å². The van der Waals surface area contributed by atoms with Gasteiger partial charge >= 0.3 is 0 Å². The van der Waals surface area contributed by atoms with Crippen molar-refractivity contribution in [3.05, 3.63) is 205 Å². The number of aromatic nitrogens is 5. The van der Waals surface area contributed by atoms with Gasteiger partial charge in [-0.3, -0.25) is 9.58 Å². The molecule has 2 fully saturated rings. The highest BCUT2D eigenvalue weighted by Crippen LogP contribution is 2.50. The summed E-state index contributed by atoms with van der Waals surface area (Å²) in [6, 6.07) is 37.8. The number of imidazole rings is 1. The molecule has 1 unspecified atom stereocenters. The molecule has 9 aromatic rings. The number of rotatable bonds is 4. The fraction of sp³-hybridized carbons (Fsp3) is 0.529. The molecule has 98 heavy (non-hydrogen) atoms. The van der Waals surface area contributed by atoms with Crippen molar-refractivity contribution in [1.82, 2.24) is 34.3 Å². The molecule has 1 aliphatic heterocycles. The Hall–Kier alpha value is -6.07. The van der Waals surface area contributed by atoms with Crippen molar-refractivity contribution in [2.24, 2.45) is 5.41 Å². The zero-order valence-electron chi connectivity index (χ0n) is 65.6. The van der Waals surface area contributed by atoms with Crippen LogP contribution in [0.1, 0.15) is 244 Å². The molecule has 0 spiro atoms. The Morgan fingerprint density at radius 1 is 0.602 bits per heavy atom. The van der Waals surface area contributed by atoms with E-state index < -0.39 is 0 Å². The number of fused-ring (bicyclic) bond motifs is 4. The summed E-state index contributed by atoms with van der Waals surface area (Å²) < 4.78 is 9.57. The molecule has 1 N–H and O–H groups in total. The number of nitrogens with zero attached hydrogens (tertiary/aromatic N) is 7. The molecule has 2 aliphatic carbocycles. The van der Waals surface area contributed by atoms with Gasteiger partial charge in [0.15, 0.2) is 5.58 Å². The van der Waals surface area contributed by atoms with Crippen molar-refractivity contribution in [1.29, 1.82) is 0 Å². The first-order chi connectivity index (χ1) is 45.3. The second-order valence-electron chi connectivity index (χ2n) is 34.7. The maximum Gasteiger partial charge on any atom is 0.167 e. The molecule has 11 heteroatoms. The number of allylic oxidation sites excluding steroid dienone is 1. The summed E-state index contributed by atoms with van der Waals surface area (Å²) in [5.41, 5.74) is 21.5. The highest BCUT2D eigenvalue weighted by atomic mass is 35.5. The highest BCUT2D eigenvalue weighted by Gasteiger charge is 2.37. The molecule has 1 saturated heterocycles. The number of hydrogen-bond donors (Lipinski definition) is 1. The summed E-state index contributed by atoms with van der Waals surface area (Å²) in [6.45, 7) is 70.2. The number of aliphatic hydroxyl groups is 1. The van der Waals surface area contributed by atoms with E-state index in [0.29, 0.717) is 27.4 Å². The minimum Gasteiger partial charge on any atom is -0.396 e. The van der Waals surface area contributed by atoms with Crippen LogP contribution in [-0.4, -0.2) is 84.3 Å². The average molecular weight is 1370 g/mol. The molecule has 0 amide bonds. The van der Waals surface area contributed by atoms with Gasteiger partial charge in [-0.15, -0.1) is 0 Å². The molecule has 4 heterocycles. The van der Waals surface area contributed by atoms with Crippen LogP contribution in [0.4, 0.5) is 0 Å². The van der Waals surface area contributed by atoms with Crippen molar-refractivity contribution in [3.8, 4) is 0 Å². The van der Waals surface area contributed by atoms with Gasteiger partial charge in [0.25, 0.3) is 0 Å². The van der Waals surface area contributed by atoms with E-state index in [9.17, 15) is 0 Å². The predicted octanol–water partition coefficient (Wildman–Crippen LogP) is 23.3. The SMILES string of the molecule is C=C1Cc2c(C)ccc(C)c2C1C(C)(C)C.CC(C)(C)c1ccc2ccccc2c1.CC(C)(C)c1cccc(Cl)c1Cl.CC(C)(C)c1noc2ccccc12.CCN1CCN(C(C)(C)C)CC1.Cc1c(CCO)c(C2CC2)nn1C(C)(C)C.Cc1cc2ncn(C(C)(C)C)c2cc1C. The lowest BCUT2D eigenvalue weighted by molar-refractivity contribution is 0.0648. The zero-order valence-corrected chi connectivity index (χ0v) is 67.2. The third kappa shape index (κ3) is 21.5. The second kappa shape index (κ2) is 32.7. The Labute approximate surface area is 603 Å². The van der Waals surface area contributed by atoms with Crippen LogP contribution in [0.2, 0.25) is 10.0 Å². The number of benzene rings is 6. The van der Waals surface area contributed by atoms with E-state index in [-0.39, 0.29) is 39.3 Å². The van der Waals surface area contributed by atoms with Gasteiger partial charge < -0.3 is 19.1 Å². The molecule has 0 bridgehead atoms. The fourth-order valence-electron chi connectivity index (χ4n) is 13.1. The summed E-state index contributed by atoms with van der Waals surface area (Å²) in [6.07, 6.45) is 6.28. The fourth-order valence-corrected chi connectivity index (χ4v) is 13.7. The minimum absolute atomic E-state index is 0.0292. The van der Waals surface area contributed by atoms with E-state index in [1.165, 1.54) is 118 Å². The van der Waals surface area contributed by atoms with Crippen LogP contribution in [-0.2, 0) is 40.2 Å². The molecular formula is C87H125Cl2N7O2. The lowest BCUT2D eigenvalue weighted by Crippen LogP contribution is -2.53. The van der Waals surface area contributed by atoms with E-state index in [2.05, 4.69) is 289 Å². The highest BCUT2D eigenvalue weighted by molar-refractivity contribution is 6.42. The van der Waals surface area contributed by atoms with Gasteiger partial charge in [-0.1, -0.05) is 209 Å². The van der Waals surface area contributed by atoms with Crippen LogP contribution in [0.5, 0.6) is 0 Å². The van der Waals surface area contributed by atoms with Crippen LogP contribution >= 0.6 is 23.2 Å². The number of aliphatic hydroxyl groups excluding tert-OH is 1. The Balaban J connectivity index is 0.000000181. The normalized spacial score (nSPS) is 15.5. The molecule has 0 radical (unpaired) electrons. The molecule has 9 nitrogen and oxygen atoms in total. The molecule has 3 aliphatic rings. The number of para-hydroxylation sites is 1. The topological polar surface area (TPSA) is 88.4 Å². The summed E-state index contributed by atoms with van der Waals surface area (Å²) in [5.74, 6) is 1.19. The van der Waals surface area contributed by atoms with E-state index >= 15 is 0 Å². The van der Waals surface area contributed by atoms with Crippen molar-refractivity contribution in [3.63, 3.8) is 0 Å². The first-order valence-corrected chi connectivity index (χ1v) is 36.7. The summed E-state index contributed by atoms with van der Waals surface area (Å²) in [5, 5.41) is 23.1. The van der Waals surface area contributed by atoms with Gasteiger partial charge in [0.1, 0.15) is 0 Å². The summed E-state index contributed by atoms with van der Waals surface area (Å²) in [4.78, 5) is 9.53. The first kappa shape index (κ1) is 80.9. The Morgan fingerprint density at radius 3 is 1.72 bits per heavy atom. The maximum atomic E-state index is 9.15. The van der Waals surface area contributed by atoms with E-state index in [1.807, 2.05) is 42.7 Å². The first-order valence-electron chi connectivity index (χ1n) is 36.0. The van der Waals surface area contributed by atoms with Crippen molar-refractivity contribution >= 4 is 56.0 Å². The Morgan fingerprint density at radius 2 is 1.19 bits per heavy atom. The standard InChI is InChI=1S/C16H22.C14H16.C13H22N2O.C13H18N2.C11H13NO.C10H12Cl2.C10H22N2/c1-10-7-8-11(2)14-13(10)9-12(3)15(14)16(4,5)6;1-14(2,3)13-9-8-11-6-4-5-7-12(11)10-13;1-9-11(7-8-16)12(10-5-6-10)14-15(9)13(2,3)4;1-9-6-11-12(7-10(9)2)15(8-14-11)13(3,4)5;1-11(2,3)10-8-6-4-5-7-9(8)13-12-10;1-10(2,3)7-5-4-6-8(11)9(7)12;1-5-11-6-8-12(9-7-11)10(2,3)4/h7-8,15H,3,9H2,1-2,4-6H3;4-10H,1-3H3;10,16H,5-8H2,1-4H3;6-8H,1-5H3;4-7H,1-3H3;4-6H,1-3H3;5-9H2,1-4H3. The second-order valence-corrected chi connectivity index (χ2v) is 35.5. The van der Waals surface area contributed by atoms with Gasteiger partial charge in [0.05, 0.1) is 44.3 Å². The third-order valence-electron chi connectivity index (χ3n) is 19.1. The Bertz CT molecular complexity index is 4080. The van der Waals surface area contributed by atoms with Crippen LogP contribution in [0.25, 0.3) is 32.8 Å². The van der Waals surface area contributed by atoms with Crippen LogP contribution in [0.15, 0.2) is 132 Å². The minimum atomic E-state index is 0.0292. The predicted molar refractivity (Wildman–Crippen MR) is 424 cm³/mol. The van der Waals surface area contributed by atoms with Crippen LogP contribution in [0, 0.1) is 40.0 Å². The molecule has 12 rings (SSSR count). The van der Waals surface area contributed by atoms with Gasteiger partial charge in [-0.05, 0) is 237 Å². The smallest absolute Gasteiger partial charge is 0.167 e. The van der Waals surface area contributed by atoms with Crippen LogP contribution < -0.4 is 0 Å². The molecule has 6 aromatic carbocycles. The van der Waals surface area contributed by atoms with Gasteiger partial charge in [0.2, 0.25) is 0 Å². The number of aryl methyl sites for hydroxylation is 4. The van der Waals surface area contributed by atoms with Gasteiger partial charge in [-0.2, -0.15) is 5.10 Å². The monoisotopic (exact) mass is 1370 g/mol. The molecular weight excluding hydrogens is 1250 g/mol. The number of hydrogen-bond acceptors (Lipinski definition) is 7. The molecule has 534 valence electrons. The van der Waals surface area contributed by atoms with Gasteiger partial charge in [-0.25, -0.2) is 4.98 Å². The van der Waals surface area contributed by atoms with E-state index in [0.717, 1.165) is 40.6 Å². The maximum absolute atomic E-state index is 9.15. The molecule has 3 aromatic heterocycles. The molecule has 1 saturated carbocycles. The quantitative estimate of drug-likeness (QED) is 0.176. The zero-order chi connectivity index (χ0) is 73.4. The number of likely N-dealkylation sites (N-methyl/N-ethyl adjacent to an activating group) is 1. The number of piperazine rings is 1. The van der Waals surface area contributed by atoms with E-state index in [4.69, 9.17) is 37.9 Å². The van der Waals surface area contributed by atoms with Crippen molar-refractivity contribution < 1.29 is 9.63 Å². The van der Waals surface area contributed by atoms with Crippen LogP contribution in [0.3, 0.4) is 0 Å². The lowest BCUT2D eigenvalue weighted by Gasteiger charge is -2.42. The third-order valence-corrected chi connectivity index (χ3v) is 19.9. The summed E-state index contributed by atoms with van der Waals surface area (Å²) >= 11 is 11.9. The molecule has 1 atom stereocenters. The van der Waals surface area contributed by atoms with Crippen molar-refractivity contribution in [2.45, 2.75) is 257 Å². The van der Waals surface area contributed by atoms with E-state index in [1.54, 1.807) is 11.6 Å². The lowest BCUT2D eigenvalue weighted by atomic mass is 9.74. The largest absolute Gasteiger partial charge is 0.396 e. The van der Waals surface area contributed by atoms with Gasteiger partial charge in [0, 0.05) is 72.2 Å². The Kier molecular flexibility index (Phi) is 27.0. The average Bonchev–Trinajstić information content (AvgIpc) is 1.62. The summed E-state index contributed by atoms with van der Waals surface area (Å²) in [7, 11) is 0.